The van der Waals surface area contributed by atoms with Gasteiger partial charge in [0, 0.05) is 23.5 Å². The first kappa shape index (κ1) is 10.6. The van der Waals surface area contributed by atoms with E-state index in [1.54, 1.807) is 0 Å². The molecule has 92 valence electrons. The summed E-state index contributed by atoms with van der Waals surface area (Å²) in [7, 11) is 0. The number of rotatable bonds is 0. The van der Waals surface area contributed by atoms with Crippen LogP contribution in [0.1, 0.15) is 5.56 Å². The minimum Gasteiger partial charge on any atom is -0.399 e. The summed E-state index contributed by atoms with van der Waals surface area (Å²) < 4.78 is 0. The zero-order chi connectivity index (χ0) is 12.5. The molecular weight excluding hydrogens is 228 g/mol. The van der Waals surface area contributed by atoms with E-state index < -0.39 is 0 Å². The predicted molar refractivity (Wildman–Crippen MR) is 73.3 cm³/mol. The van der Waals surface area contributed by atoms with E-state index in [1.807, 2.05) is 36.4 Å². The lowest BCUT2D eigenvalue weighted by Gasteiger charge is -2.20. The van der Waals surface area contributed by atoms with Gasteiger partial charge in [0.2, 0.25) is 0 Å². The van der Waals surface area contributed by atoms with Gasteiger partial charge in [0.25, 0.3) is 0 Å². The summed E-state index contributed by atoms with van der Waals surface area (Å²) in [5.41, 5.74) is 18.6. The highest BCUT2D eigenvalue weighted by atomic mass is 16.6. The normalized spacial score (nSPS) is 12.9. The molecule has 1 heterocycles. The van der Waals surface area contributed by atoms with Crippen LogP contribution in [0.5, 0.6) is 5.75 Å². The summed E-state index contributed by atoms with van der Waals surface area (Å²) in [5.74, 6) is 0.754. The molecule has 0 aromatic heterocycles. The van der Waals surface area contributed by atoms with E-state index in [0.717, 1.165) is 28.4 Å². The van der Waals surface area contributed by atoms with E-state index in [4.69, 9.17) is 16.3 Å². The monoisotopic (exact) mass is 242 g/mol. The van der Waals surface area contributed by atoms with Gasteiger partial charge in [-0.25, -0.2) is 5.48 Å². The fourth-order valence-electron chi connectivity index (χ4n) is 1.94. The van der Waals surface area contributed by atoms with Crippen molar-refractivity contribution in [3.63, 3.8) is 0 Å². The van der Waals surface area contributed by atoms with Crippen LogP contribution >= 0.6 is 0 Å². The van der Waals surface area contributed by atoms with Crippen molar-refractivity contribution in [2.24, 2.45) is 0 Å². The zero-order valence-electron chi connectivity index (χ0n) is 9.73. The van der Waals surface area contributed by atoms with E-state index in [0.29, 0.717) is 12.2 Å². The number of anilines is 4. The number of nitrogen functional groups attached to an aromatic ring is 2. The quantitative estimate of drug-likeness (QED) is 0.532. The van der Waals surface area contributed by atoms with Crippen LogP contribution in [0.15, 0.2) is 36.4 Å². The van der Waals surface area contributed by atoms with E-state index >= 15 is 0 Å². The third-order valence-corrected chi connectivity index (χ3v) is 2.87. The van der Waals surface area contributed by atoms with Gasteiger partial charge in [-0.2, -0.15) is 0 Å². The van der Waals surface area contributed by atoms with Crippen LogP contribution in [0.3, 0.4) is 0 Å². The second-order valence-electron chi connectivity index (χ2n) is 4.23. The van der Waals surface area contributed by atoms with Crippen molar-refractivity contribution in [2.75, 3.05) is 22.3 Å². The first-order valence-corrected chi connectivity index (χ1v) is 5.67. The standard InChI is InChI=1S/C13H14N4O/c14-9-2-4-13-8(5-9)7-16-11-3-1-10(15)6-12(11)17-18-13/h1-6,16-17H,7,14-15H2. The summed E-state index contributed by atoms with van der Waals surface area (Å²) in [6.07, 6.45) is 0. The summed E-state index contributed by atoms with van der Waals surface area (Å²) in [5, 5.41) is 3.32. The smallest absolute Gasteiger partial charge is 0.160 e. The molecule has 0 aliphatic carbocycles. The maximum absolute atomic E-state index is 5.77. The average Bonchev–Trinajstić information content (AvgIpc) is 2.34. The van der Waals surface area contributed by atoms with E-state index in [-0.39, 0.29) is 0 Å². The molecule has 1 aliphatic heterocycles. The number of benzene rings is 2. The van der Waals surface area contributed by atoms with Gasteiger partial charge in [-0.05, 0) is 36.4 Å². The molecule has 5 heteroatoms. The Morgan fingerprint density at radius 1 is 0.944 bits per heavy atom. The Hall–Kier alpha value is -2.56. The summed E-state index contributed by atoms with van der Waals surface area (Å²) in [4.78, 5) is 5.56. The largest absolute Gasteiger partial charge is 0.399 e. The second-order valence-corrected chi connectivity index (χ2v) is 4.23. The molecule has 18 heavy (non-hydrogen) atoms. The molecule has 0 atom stereocenters. The maximum atomic E-state index is 5.77. The lowest BCUT2D eigenvalue weighted by molar-refractivity contribution is 0.400. The van der Waals surface area contributed by atoms with Gasteiger partial charge in [0.15, 0.2) is 5.75 Å². The van der Waals surface area contributed by atoms with Gasteiger partial charge in [-0.3, -0.25) is 0 Å². The number of hydrogen-bond donors (Lipinski definition) is 4. The Bertz CT molecular complexity index is 544. The Morgan fingerprint density at radius 3 is 2.61 bits per heavy atom. The van der Waals surface area contributed by atoms with Gasteiger partial charge >= 0.3 is 0 Å². The Morgan fingerprint density at radius 2 is 1.72 bits per heavy atom. The summed E-state index contributed by atoms with van der Waals surface area (Å²) in [6.45, 7) is 0.652. The van der Waals surface area contributed by atoms with E-state index in [9.17, 15) is 0 Å². The van der Waals surface area contributed by atoms with Crippen molar-refractivity contribution in [3.8, 4) is 5.75 Å². The van der Waals surface area contributed by atoms with Crippen molar-refractivity contribution >= 4 is 22.7 Å². The number of nitrogens with one attached hydrogen (secondary N) is 2. The van der Waals surface area contributed by atoms with Crippen LogP contribution < -0.4 is 27.1 Å². The lowest BCUT2D eigenvalue weighted by atomic mass is 10.1. The highest BCUT2D eigenvalue weighted by Gasteiger charge is 2.11. The van der Waals surface area contributed by atoms with Gasteiger partial charge < -0.3 is 21.6 Å². The first-order valence-electron chi connectivity index (χ1n) is 5.67. The Balaban J connectivity index is 1.96. The van der Waals surface area contributed by atoms with Gasteiger partial charge in [0.1, 0.15) is 0 Å². The Kier molecular flexibility index (Phi) is 2.37. The number of fused-ring (bicyclic) bond motifs is 2. The zero-order valence-corrected chi connectivity index (χ0v) is 9.73. The van der Waals surface area contributed by atoms with Crippen molar-refractivity contribution in [2.45, 2.75) is 6.54 Å². The topological polar surface area (TPSA) is 85.3 Å². The molecule has 0 spiro atoms. The molecule has 0 bridgehead atoms. The molecule has 0 unspecified atom stereocenters. The maximum Gasteiger partial charge on any atom is 0.160 e. The van der Waals surface area contributed by atoms with Crippen molar-refractivity contribution < 1.29 is 4.84 Å². The van der Waals surface area contributed by atoms with Crippen LogP contribution in [-0.2, 0) is 6.54 Å². The van der Waals surface area contributed by atoms with Crippen LogP contribution in [0, 0.1) is 0 Å². The van der Waals surface area contributed by atoms with E-state index in [2.05, 4.69) is 10.8 Å². The molecule has 6 N–H and O–H groups in total. The molecule has 1 aliphatic rings. The Labute approximate surface area is 105 Å². The van der Waals surface area contributed by atoms with Crippen molar-refractivity contribution in [1.82, 2.24) is 0 Å². The van der Waals surface area contributed by atoms with Gasteiger partial charge in [-0.1, -0.05) is 0 Å². The molecular formula is C13H14N4O. The molecule has 0 saturated carbocycles. The average molecular weight is 242 g/mol. The number of nitrogens with two attached hydrogens (primary N) is 2. The third-order valence-electron chi connectivity index (χ3n) is 2.87. The summed E-state index contributed by atoms with van der Waals surface area (Å²) in [6, 6.07) is 11.1. The third kappa shape index (κ3) is 1.86. The molecule has 0 radical (unpaired) electrons. The predicted octanol–water partition coefficient (Wildman–Crippen LogP) is 2.18. The molecule has 2 aromatic carbocycles. The highest BCUT2D eigenvalue weighted by molar-refractivity contribution is 5.73. The van der Waals surface area contributed by atoms with E-state index in [1.165, 1.54) is 0 Å². The van der Waals surface area contributed by atoms with Crippen molar-refractivity contribution in [1.29, 1.82) is 0 Å². The molecule has 0 saturated heterocycles. The summed E-state index contributed by atoms with van der Waals surface area (Å²) >= 11 is 0. The first-order chi connectivity index (χ1) is 8.72. The van der Waals surface area contributed by atoms with Gasteiger partial charge in [-0.15, -0.1) is 0 Å². The van der Waals surface area contributed by atoms with Gasteiger partial charge in [0.05, 0.1) is 11.4 Å². The highest BCUT2D eigenvalue weighted by Crippen LogP contribution is 2.30. The van der Waals surface area contributed by atoms with Crippen LogP contribution in [0.25, 0.3) is 0 Å². The fourth-order valence-corrected chi connectivity index (χ4v) is 1.94. The number of hydrogen-bond acceptors (Lipinski definition) is 5. The SMILES string of the molecule is Nc1ccc2c(c1)CNc1ccc(N)cc1NO2. The van der Waals surface area contributed by atoms with Crippen molar-refractivity contribution in [3.05, 3.63) is 42.0 Å². The minimum absolute atomic E-state index is 0.652. The van der Waals surface area contributed by atoms with Crippen LogP contribution in [0.2, 0.25) is 0 Å². The minimum atomic E-state index is 0.652. The molecule has 0 amide bonds. The molecule has 0 fully saturated rings. The lowest BCUT2D eigenvalue weighted by Crippen LogP contribution is -2.14. The van der Waals surface area contributed by atoms with Crippen LogP contribution in [-0.4, -0.2) is 0 Å². The molecule has 3 rings (SSSR count). The van der Waals surface area contributed by atoms with Crippen LogP contribution in [0.4, 0.5) is 22.7 Å². The molecule has 2 aromatic rings. The molecule has 5 nitrogen and oxygen atoms in total. The fraction of sp³-hybridized carbons (Fsp3) is 0.0769. The second kappa shape index (κ2) is 4.03.